The molecule has 1 aromatic rings. The SMILES string of the molecule is C=CCOc1cncc([C@H]2CN3CC[C@@H]2C3)n1. The van der Waals surface area contributed by atoms with Gasteiger partial charge in [0, 0.05) is 25.2 Å². The van der Waals surface area contributed by atoms with E-state index in [1.54, 1.807) is 12.3 Å². The fourth-order valence-electron chi connectivity index (χ4n) is 2.87. The monoisotopic (exact) mass is 231 g/mol. The first kappa shape index (κ1) is 10.7. The van der Waals surface area contributed by atoms with Crippen LogP contribution in [-0.2, 0) is 0 Å². The molecule has 4 heteroatoms. The molecule has 4 nitrogen and oxygen atoms in total. The highest BCUT2D eigenvalue weighted by Gasteiger charge is 2.39. The largest absolute Gasteiger partial charge is 0.472 e. The molecule has 0 aromatic carbocycles. The molecule has 17 heavy (non-hydrogen) atoms. The smallest absolute Gasteiger partial charge is 0.232 e. The lowest BCUT2D eigenvalue weighted by Gasteiger charge is -2.21. The van der Waals surface area contributed by atoms with E-state index in [0.29, 0.717) is 18.4 Å². The van der Waals surface area contributed by atoms with Crippen LogP contribution in [0.2, 0.25) is 0 Å². The van der Waals surface area contributed by atoms with Crippen molar-refractivity contribution in [2.24, 2.45) is 5.92 Å². The van der Waals surface area contributed by atoms with Gasteiger partial charge in [-0.05, 0) is 18.9 Å². The van der Waals surface area contributed by atoms with E-state index in [-0.39, 0.29) is 0 Å². The molecule has 0 N–H and O–H groups in total. The van der Waals surface area contributed by atoms with Gasteiger partial charge in [0.15, 0.2) is 0 Å². The second kappa shape index (κ2) is 4.45. The van der Waals surface area contributed by atoms with E-state index < -0.39 is 0 Å². The Labute approximate surface area is 101 Å². The van der Waals surface area contributed by atoms with Crippen LogP contribution >= 0.6 is 0 Å². The quantitative estimate of drug-likeness (QED) is 0.735. The molecule has 0 aliphatic carbocycles. The van der Waals surface area contributed by atoms with Crippen LogP contribution in [0.25, 0.3) is 0 Å². The van der Waals surface area contributed by atoms with Crippen LogP contribution in [0.1, 0.15) is 18.0 Å². The van der Waals surface area contributed by atoms with Crippen molar-refractivity contribution in [3.63, 3.8) is 0 Å². The van der Waals surface area contributed by atoms with Gasteiger partial charge >= 0.3 is 0 Å². The summed E-state index contributed by atoms with van der Waals surface area (Å²) < 4.78 is 5.43. The number of hydrogen-bond donors (Lipinski definition) is 0. The zero-order valence-electron chi connectivity index (χ0n) is 9.88. The molecule has 3 rings (SSSR count). The van der Waals surface area contributed by atoms with Gasteiger partial charge in [-0.1, -0.05) is 12.7 Å². The van der Waals surface area contributed by atoms with Gasteiger partial charge in [0.2, 0.25) is 5.88 Å². The van der Waals surface area contributed by atoms with E-state index >= 15 is 0 Å². The molecule has 2 bridgehead atoms. The third kappa shape index (κ3) is 2.05. The second-order valence-corrected chi connectivity index (χ2v) is 4.80. The van der Waals surface area contributed by atoms with Gasteiger partial charge in [0.1, 0.15) is 6.61 Å². The summed E-state index contributed by atoms with van der Waals surface area (Å²) in [6.07, 6.45) is 6.56. The van der Waals surface area contributed by atoms with Crippen LogP contribution in [0.15, 0.2) is 25.0 Å². The fourth-order valence-corrected chi connectivity index (χ4v) is 2.87. The van der Waals surface area contributed by atoms with Crippen LogP contribution < -0.4 is 4.74 Å². The van der Waals surface area contributed by atoms with Crippen LogP contribution in [0.3, 0.4) is 0 Å². The number of fused-ring (bicyclic) bond motifs is 2. The van der Waals surface area contributed by atoms with Gasteiger partial charge < -0.3 is 9.64 Å². The lowest BCUT2D eigenvalue weighted by atomic mass is 9.90. The summed E-state index contributed by atoms with van der Waals surface area (Å²) in [5.74, 6) is 1.92. The highest BCUT2D eigenvalue weighted by molar-refractivity contribution is 5.17. The Kier molecular flexibility index (Phi) is 2.81. The maximum Gasteiger partial charge on any atom is 0.232 e. The molecular weight excluding hydrogens is 214 g/mol. The van der Waals surface area contributed by atoms with Crippen molar-refractivity contribution >= 4 is 0 Å². The number of nitrogens with zero attached hydrogens (tertiary/aromatic N) is 3. The second-order valence-electron chi connectivity index (χ2n) is 4.80. The predicted octanol–water partition coefficient (Wildman–Crippen LogP) is 1.46. The summed E-state index contributed by atoms with van der Waals surface area (Å²) in [7, 11) is 0. The Morgan fingerprint density at radius 2 is 2.41 bits per heavy atom. The van der Waals surface area contributed by atoms with Crippen molar-refractivity contribution < 1.29 is 4.74 Å². The average Bonchev–Trinajstić information content (AvgIpc) is 2.99. The minimum Gasteiger partial charge on any atom is -0.472 e. The zero-order valence-corrected chi connectivity index (χ0v) is 9.88. The first-order chi connectivity index (χ1) is 8.36. The Morgan fingerprint density at radius 1 is 1.47 bits per heavy atom. The topological polar surface area (TPSA) is 38.2 Å². The molecule has 2 saturated heterocycles. The van der Waals surface area contributed by atoms with Crippen molar-refractivity contribution in [2.45, 2.75) is 12.3 Å². The predicted molar refractivity (Wildman–Crippen MR) is 65.0 cm³/mol. The Hall–Kier alpha value is -1.42. The molecule has 0 amide bonds. The lowest BCUT2D eigenvalue weighted by Crippen LogP contribution is -2.22. The standard InChI is InChI=1S/C13H17N3O/c1-2-5-17-13-7-14-6-12(15-13)11-9-16-4-3-10(11)8-16/h2,6-7,10-11H,1,3-5,8-9H2/t10-,11+/m1/s1. The summed E-state index contributed by atoms with van der Waals surface area (Å²) in [4.78, 5) is 11.3. The minimum absolute atomic E-state index is 0.484. The van der Waals surface area contributed by atoms with Crippen molar-refractivity contribution in [3.8, 4) is 5.88 Å². The Balaban J connectivity index is 1.76. The van der Waals surface area contributed by atoms with Gasteiger partial charge in [0.25, 0.3) is 0 Å². The molecule has 0 spiro atoms. The minimum atomic E-state index is 0.484. The summed E-state index contributed by atoms with van der Waals surface area (Å²) in [5.41, 5.74) is 1.08. The molecule has 0 saturated carbocycles. The van der Waals surface area contributed by atoms with Crippen molar-refractivity contribution in [1.29, 1.82) is 0 Å². The Morgan fingerprint density at radius 3 is 3.12 bits per heavy atom. The summed E-state index contributed by atoms with van der Waals surface area (Å²) in [6, 6.07) is 0. The maximum absolute atomic E-state index is 5.43. The van der Waals surface area contributed by atoms with Crippen LogP contribution in [0.4, 0.5) is 0 Å². The van der Waals surface area contributed by atoms with Gasteiger partial charge in [-0.3, -0.25) is 4.98 Å². The van der Waals surface area contributed by atoms with Gasteiger partial charge in [-0.25, -0.2) is 4.98 Å². The molecule has 3 atom stereocenters. The number of hydrogen-bond acceptors (Lipinski definition) is 4. The average molecular weight is 231 g/mol. The van der Waals surface area contributed by atoms with Gasteiger partial charge in [-0.2, -0.15) is 0 Å². The molecule has 2 aliphatic rings. The van der Waals surface area contributed by atoms with E-state index in [4.69, 9.17) is 4.74 Å². The van der Waals surface area contributed by atoms with Crippen molar-refractivity contribution in [3.05, 3.63) is 30.7 Å². The number of piperidine rings is 1. The number of aromatic nitrogens is 2. The summed E-state index contributed by atoms with van der Waals surface area (Å²) in [5, 5.41) is 0. The molecule has 2 fully saturated rings. The molecule has 3 heterocycles. The van der Waals surface area contributed by atoms with Crippen LogP contribution in [0.5, 0.6) is 5.88 Å². The molecule has 2 aliphatic heterocycles. The number of ether oxygens (including phenoxy) is 1. The fraction of sp³-hybridized carbons (Fsp3) is 0.538. The Bertz CT molecular complexity index is 421. The zero-order chi connectivity index (χ0) is 11.7. The molecule has 90 valence electrons. The van der Waals surface area contributed by atoms with E-state index in [1.165, 1.54) is 19.5 Å². The number of rotatable bonds is 4. The maximum atomic E-state index is 5.43. The summed E-state index contributed by atoms with van der Waals surface area (Å²) in [6.45, 7) is 7.72. The first-order valence-electron chi connectivity index (χ1n) is 6.15. The summed E-state index contributed by atoms with van der Waals surface area (Å²) >= 11 is 0. The van der Waals surface area contributed by atoms with Crippen molar-refractivity contribution in [2.75, 3.05) is 26.2 Å². The molecular formula is C13H17N3O. The van der Waals surface area contributed by atoms with Crippen LogP contribution in [-0.4, -0.2) is 41.1 Å². The normalized spacial score (nSPS) is 30.5. The lowest BCUT2D eigenvalue weighted by molar-refractivity contribution is 0.330. The third-order valence-corrected chi connectivity index (χ3v) is 3.69. The molecule has 0 radical (unpaired) electrons. The molecule has 1 unspecified atom stereocenters. The highest BCUT2D eigenvalue weighted by Crippen LogP contribution is 2.38. The van der Waals surface area contributed by atoms with E-state index in [0.717, 1.165) is 18.2 Å². The van der Waals surface area contributed by atoms with Crippen LogP contribution in [0, 0.1) is 5.92 Å². The van der Waals surface area contributed by atoms with Crippen molar-refractivity contribution in [1.82, 2.24) is 14.9 Å². The first-order valence-corrected chi connectivity index (χ1v) is 6.15. The van der Waals surface area contributed by atoms with Gasteiger partial charge in [0.05, 0.1) is 11.9 Å². The highest BCUT2D eigenvalue weighted by atomic mass is 16.5. The van der Waals surface area contributed by atoms with E-state index in [9.17, 15) is 0 Å². The third-order valence-electron chi connectivity index (χ3n) is 3.69. The van der Waals surface area contributed by atoms with Gasteiger partial charge in [-0.15, -0.1) is 0 Å². The van der Waals surface area contributed by atoms with E-state index in [2.05, 4.69) is 21.4 Å². The molecule has 1 aromatic heterocycles. The van der Waals surface area contributed by atoms with E-state index in [1.807, 2.05) is 6.20 Å².